The third-order valence-electron chi connectivity index (χ3n) is 3.63. The molecule has 0 aliphatic carbocycles. The van der Waals surface area contributed by atoms with Crippen molar-refractivity contribution in [1.82, 2.24) is 0 Å². The zero-order valence-electron chi connectivity index (χ0n) is 13.7. The first-order valence-electron chi connectivity index (χ1n) is 7.49. The van der Waals surface area contributed by atoms with Crippen molar-refractivity contribution < 1.29 is 9.47 Å². The lowest BCUT2D eigenvalue weighted by Crippen LogP contribution is -2.43. The van der Waals surface area contributed by atoms with Gasteiger partial charge in [0, 0.05) is 25.5 Å². The van der Waals surface area contributed by atoms with E-state index < -0.39 is 0 Å². The van der Waals surface area contributed by atoms with Crippen LogP contribution in [0.1, 0.15) is 53.4 Å². The Hall–Kier alpha value is 0.210. The van der Waals surface area contributed by atoms with Crippen molar-refractivity contribution in [3.63, 3.8) is 0 Å². The molecule has 0 rings (SSSR count). The van der Waals surface area contributed by atoms with Gasteiger partial charge in [-0.3, -0.25) is 0 Å². The van der Waals surface area contributed by atoms with E-state index in [0.29, 0.717) is 17.7 Å². The van der Waals surface area contributed by atoms with Crippen molar-refractivity contribution >= 4 is 11.6 Å². The van der Waals surface area contributed by atoms with Crippen molar-refractivity contribution in [3.8, 4) is 0 Å². The number of halogens is 1. The highest BCUT2D eigenvalue weighted by Crippen LogP contribution is 2.40. The molecule has 0 amide bonds. The minimum absolute atomic E-state index is 0.109. The number of alkyl halides is 1. The topological polar surface area (TPSA) is 18.5 Å². The van der Waals surface area contributed by atoms with Gasteiger partial charge in [0.1, 0.15) is 0 Å². The summed E-state index contributed by atoms with van der Waals surface area (Å²) in [6.07, 6.45) is 4.53. The molecule has 0 N–H and O–H groups in total. The Balaban J connectivity index is 5.11. The summed E-state index contributed by atoms with van der Waals surface area (Å²) in [5.41, 5.74) is 0.109. The fourth-order valence-corrected chi connectivity index (χ4v) is 3.56. The third-order valence-corrected chi connectivity index (χ3v) is 3.90. The Morgan fingerprint density at radius 2 is 1.53 bits per heavy atom. The Kier molecular flexibility index (Phi) is 10.1. The molecule has 0 aliphatic heterocycles. The van der Waals surface area contributed by atoms with Gasteiger partial charge in [-0.1, -0.05) is 27.7 Å². The summed E-state index contributed by atoms with van der Waals surface area (Å²) in [5.74, 6) is 1.98. The summed E-state index contributed by atoms with van der Waals surface area (Å²) in [6.45, 7) is 9.88. The van der Waals surface area contributed by atoms with Crippen LogP contribution in [0, 0.1) is 17.3 Å². The number of hydrogen-bond donors (Lipinski definition) is 0. The summed E-state index contributed by atoms with van der Waals surface area (Å²) in [5, 5.41) is 0. The van der Waals surface area contributed by atoms with Crippen LogP contribution < -0.4 is 0 Å². The molecule has 0 aromatic carbocycles. The molecule has 0 radical (unpaired) electrons. The highest BCUT2D eigenvalue weighted by Gasteiger charge is 2.39. The highest BCUT2D eigenvalue weighted by atomic mass is 35.5. The van der Waals surface area contributed by atoms with Crippen LogP contribution in [0.15, 0.2) is 0 Å². The van der Waals surface area contributed by atoms with Gasteiger partial charge < -0.3 is 9.47 Å². The third kappa shape index (κ3) is 6.97. The molecule has 0 aliphatic rings. The van der Waals surface area contributed by atoms with Gasteiger partial charge in [0.15, 0.2) is 0 Å². The van der Waals surface area contributed by atoms with Gasteiger partial charge in [-0.15, -0.1) is 11.6 Å². The van der Waals surface area contributed by atoms with Crippen LogP contribution in [0.2, 0.25) is 0 Å². The van der Waals surface area contributed by atoms with Crippen molar-refractivity contribution in [2.75, 3.05) is 26.7 Å². The Labute approximate surface area is 125 Å². The first kappa shape index (κ1) is 19.2. The standard InChI is InChI=1S/C16H33ClO2/c1-13(2)10-16(12-18-5,11-14(3)4)15(19-6)8-7-9-17/h13-15H,7-12H2,1-6H3. The molecule has 1 atom stereocenters. The number of hydrogen-bond acceptors (Lipinski definition) is 2. The molecule has 0 spiro atoms. The maximum absolute atomic E-state index is 5.85. The Morgan fingerprint density at radius 3 is 1.84 bits per heavy atom. The van der Waals surface area contributed by atoms with E-state index in [2.05, 4.69) is 27.7 Å². The smallest absolute Gasteiger partial charge is 0.0650 e. The van der Waals surface area contributed by atoms with Gasteiger partial charge >= 0.3 is 0 Å². The van der Waals surface area contributed by atoms with Crippen LogP contribution in [0.25, 0.3) is 0 Å². The summed E-state index contributed by atoms with van der Waals surface area (Å²) >= 11 is 5.85. The molecular weight excluding hydrogens is 260 g/mol. The van der Waals surface area contributed by atoms with E-state index >= 15 is 0 Å². The SMILES string of the molecule is COCC(CC(C)C)(CC(C)C)C(CCCCl)OC. The van der Waals surface area contributed by atoms with E-state index in [-0.39, 0.29) is 11.5 Å². The minimum atomic E-state index is 0.109. The van der Waals surface area contributed by atoms with Crippen LogP contribution in [0.4, 0.5) is 0 Å². The molecule has 2 nitrogen and oxygen atoms in total. The molecule has 0 heterocycles. The molecule has 0 aromatic heterocycles. The first-order chi connectivity index (χ1) is 8.91. The average molecular weight is 293 g/mol. The molecule has 1 unspecified atom stereocenters. The molecule has 0 bridgehead atoms. The molecular formula is C16H33ClO2. The fourth-order valence-electron chi connectivity index (χ4n) is 3.41. The maximum Gasteiger partial charge on any atom is 0.0650 e. The van der Waals surface area contributed by atoms with Crippen molar-refractivity contribution in [2.24, 2.45) is 17.3 Å². The Bertz CT molecular complexity index is 207. The quantitative estimate of drug-likeness (QED) is 0.512. The predicted molar refractivity (Wildman–Crippen MR) is 84.0 cm³/mol. The van der Waals surface area contributed by atoms with Crippen LogP contribution in [0.3, 0.4) is 0 Å². The summed E-state index contributed by atoms with van der Waals surface area (Å²) in [6, 6.07) is 0. The lowest BCUT2D eigenvalue weighted by molar-refractivity contribution is -0.0805. The van der Waals surface area contributed by atoms with E-state index in [0.717, 1.165) is 32.3 Å². The fraction of sp³-hybridized carbons (Fsp3) is 1.00. The molecule has 116 valence electrons. The van der Waals surface area contributed by atoms with Crippen molar-refractivity contribution in [2.45, 2.75) is 59.5 Å². The molecule has 3 heteroatoms. The zero-order chi connectivity index (χ0) is 14.9. The number of methoxy groups -OCH3 is 2. The normalized spacial score (nSPS) is 14.4. The van der Waals surface area contributed by atoms with E-state index in [4.69, 9.17) is 21.1 Å². The van der Waals surface area contributed by atoms with Gasteiger partial charge in [-0.05, 0) is 37.5 Å². The lowest BCUT2D eigenvalue weighted by Gasteiger charge is -2.42. The maximum atomic E-state index is 5.85. The van der Waals surface area contributed by atoms with E-state index in [1.807, 2.05) is 7.11 Å². The monoisotopic (exact) mass is 292 g/mol. The lowest BCUT2D eigenvalue weighted by atomic mass is 9.69. The molecule has 19 heavy (non-hydrogen) atoms. The predicted octanol–water partition coefficient (Wildman–Crippen LogP) is 4.75. The molecule has 0 fully saturated rings. The van der Waals surface area contributed by atoms with Crippen LogP contribution in [-0.4, -0.2) is 32.8 Å². The average Bonchev–Trinajstić information content (AvgIpc) is 2.28. The molecule has 0 aromatic rings. The zero-order valence-corrected chi connectivity index (χ0v) is 14.4. The second-order valence-corrected chi connectivity index (χ2v) is 6.92. The van der Waals surface area contributed by atoms with Gasteiger partial charge in [0.2, 0.25) is 0 Å². The minimum Gasteiger partial charge on any atom is -0.384 e. The largest absolute Gasteiger partial charge is 0.384 e. The molecule has 0 saturated heterocycles. The van der Waals surface area contributed by atoms with Crippen LogP contribution in [0.5, 0.6) is 0 Å². The van der Waals surface area contributed by atoms with Gasteiger partial charge in [0.25, 0.3) is 0 Å². The van der Waals surface area contributed by atoms with Gasteiger partial charge in [-0.25, -0.2) is 0 Å². The second-order valence-electron chi connectivity index (χ2n) is 6.55. The van der Waals surface area contributed by atoms with Crippen molar-refractivity contribution in [3.05, 3.63) is 0 Å². The van der Waals surface area contributed by atoms with Gasteiger partial charge in [0.05, 0.1) is 12.7 Å². The number of rotatable bonds is 11. The molecule has 0 saturated carbocycles. The highest BCUT2D eigenvalue weighted by molar-refractivity contribution is 6.17. The summed E-state index contributed by atoms with van der Waals surface area (Å²) in [7, 11) is 3.62. The van der Waals surface area contributed by atoms with Gasteiger partial charge in [-0.2, -0.15) is 0 Å². The van der Waals surface area contributed by atoms with Crippen LogP contribution >= 0.6 is 11.6 Å². The second kappa shape index (κ2) is 10.0. The van der Waals surface area contributed by atoms with E-state index in [9.17, 15) is 0 Å². The summed E-state index contributed by atoms with van der Waals surface area (Å²) < 4.78 is 11.4. The number of ether oxygens (including phenoxy) is 2. The van der Waals surface area contributed by atoms with E-state index in [1.54, 1.807) is 7.11 Å². The summed E-state index contributed by atoms with van der Waals surface area (Å²) in [4.78, 5) is 0. The first-order valence-corrected chi connectivity index (χ1v) is 8.03. The van der Waals surface area contributed by atoms with E-state index in [1.165, 1.54) is 0 Å². The Morgan fingerprint density at radius 1 is 1.00 bits per heavy atom. The van der Waals surface area contributed by atoms with Crippen LogP contribution in [-0.2, 0) is 9.47 Å². The van der Waals surface area contributed by atoms with Crippen molar-refractivity contribution in [1.29, 1.82) is 0 Å².